The molecule has 1 atom stereocenters. The normalized spacial score (nSPS) is 12.6. The van der Waals surface area contributed by atoms with Crippen molar-refractivity contribution in [3.05, 3.63) is 76.9 Å². The van der Waals surface area contributed by atoms with Gasteiger partial charge >= 0.3 is 6.16 Å². The molecular weight excluding hydrogens is 418 g/mol. The van der Waals surface area contributed by atoms with Gasteiger partial charge in [0.1, 0.15) is 6.61 Å². The number of ether oxygens (including phenoxy) is 3. The van der Waals surface area contributed by atoms with Crippen LogP contribution < -0.4 is 4.72 Å². The SMILES string of the molecule is COC(=O)OC/C=C/[C@H](COCc1ccccc1)NS(=O)(=O)c1c(C)cc(C)cc1C. The van der Waals surface area contributed by atoms with E-state index in [0.717, 1.165) is 11.1 Å². The highest BCUT2D eigenvalue weighted by atomic mass is 32.2. The van der Waals surface area contributed by atoms with Gasteiger partial charge in [-0.3, -0.25) is 0 Å². The fraction of sp³-hybridized carbons (Fsp3) is 0.348. The van der Waals surface area contributed by atoms with Crippen LogP contribution in [0.5, 0.6) is 0 Å². The Balaban J connectivity index is 2.14. The molecule has 1 N–H and O–H groups in total. The molecule has 7 nitrogen and oxygen atoms in total. The maximum atomic E-state index is 13.1. The van der Waals surface area contributed by atoms with Crippen LogP contribution in [-0.2, 0) is 30.8 Å². The maximum absolute atomic E-state index is 13.1. The molecule has 2 aromatic carbocycles. The van der Waals surface area contributed by atoms with Crippen molar-refractivity contribution in [1.82, 2.24) is 4.72 Å². The average molecular weight is 448 g/mol. The Morgan fingerprint density at radius 3 is 2.35 bits per heavy atom. The van der Waals surface area contributed by atoms with Gasteiger partial charge in [-0.15, -0.1) is 0 Å². The number of carbonyl (C=O) groups excluding carboxylic acids is 1. The van der Waals surface area contributed by atoms with Gasteiger partial charge in [-0.1, -0.05) is 54.1 Å². The van der Waals surface area contributed by atoms with E-state index in [4.69, 9.17) is 9.47 Å². The van der Waals surface area contributed by atoms with Crippen LogP contribution in [0.1, 0.15) is 22.3 Å². The van der Waals surface area contributed by atoms with Crippen molar-refractivity contribution in [3.8, 4) is 0 Å². The van der Waals surface area contributed by atoms with Gasteiger partial charge in [-0.25, -0.2) is 17.9 Å². The Labute approximate surface area is 184 Å². The van der Waals surface area contributed by atoms with Crippen LogP contribution >= 0.6 is 0 Å². The lowest BCUT2D eigenvalue weighted by atomic mass is 10.1. The van der Waals surface area contributed by atoms with Crippen molar-refractivity contribution in [2.45, 2.75) is 38.3 Å². The lowest BCUT2D eigenvalue weighted by molar-refractivity contribution is 0.0815. The lowest BCUT2D eigenvalue weighted by Gasteiger charge is -2.18. The van der Waals surface area contributed by atoms with Crippen LogP contribution in [0.4, 0.5) is 4.79 Å². The summed E-state index contributed by atoms with van der Waals surface area (Å²) in [6.07, 6.45) is 2.34. The molecule has 0 radical (unpaired) electrons. The van der Waals surface area contributed by atoms with Gasteiger partial charge in [0.25, 0.3) is 0 Å². The second-order valence-corrected chi connectivity index (χ2v) is 8.80. The number of rotatable bonds is 10. The van der Waals surface area contributed by atoms with Crippen LogP contribution in [0.15, 0.2) is 59.5 Å². The second-order valence-electron chi connectivity index (χ2n) is 7.15. The Kier molecular flexibility index (Phi) is 9.23. The number of sulfonamides is 1. The van der Waals surface area contributed by atoms with Crippen molar-refractivity contribution < 1.29 is 27.4 Å². The monoisotopic (exact) mass is 447 g/mol. The molecule has 8 heteroatoms. The Morgan fingerprint density at radius 2 is 1.74 bits per heavy atom. The zero-order chi connectivity index (χ0) is 22.9. The van der Waals surface area contributed by atoms with Gasteiger partial charge in [0.05, 0.1) is 31.3 Å². The van der Waals surface area contributed by atoms with Crippen LogP contribution in [0.3, 0.4) is 0 Å². The Morgan fingerprint density at radius 1 is 1.10 bits per heavy atom. The molecule has 0 aliphatic carbocycles. The van der Waals surface area contributed by atoms with Crippen molar-refractivity contribution in [2.24, 2.45) is 0 Å². The zero-order valence-corrected chi connectivity index (χ0v) is 19.1. The van der Waals surface area contributed by atoms with Gasteiger partial charge in [-0.2, -0.15) is 0 Å². The van der Waals surface area contributed by atoms with Gasteiger partial charge in [0.2, 0.25) is 10.0 Å². The van der Waals surface area contributed by atoms with E-state index in [0.29, 0.717) is 17.7 Å². The number of benzene rings is 2. The highest BCUT2D eigenvalue weighted by Crippen LogP contribution is 2.22. The fourth-order valence-electron chi connectivity index (χ4n) is 3.25. The minimum absolute atomic E-state index is 0.0494. The molecule has 0 aliphatic heterocycles. The van der Waals surface area contributed by atoms with Crippen molar-refractivity contribution in [2.75, 3.05) is 20.3 Å². The molecule has 0 saturated heterocycles. The van der Waals surface area contributed by atoms with E-state index < -0.39 is 22.2 Å². The smallest absolute Gasteiger partial charge is 0.438 e. The lowest BCUT2D eigenvalue weighted by Crippen LogP contribution is -2.37. The van der Waals surface area contributed by atoms with E-state index in [1.165, 1.54) is 7.11 Å². The fourth-order valence-corrected chi connectivity index (χ4v) is 4.88. The standard InChI is InChI=1S/C23H29NO6S/c1-17-13-18(2)22(19(3)14-17)31(26,27)24-21(11-8-12-30-23(25)28-4)16-29-15-20-9-6-5-7-10-20/h5-11,13-14,21,24H,12,15-16H2,1-4H3/b11-8+/t21-/m1/s1. The summed E-state index contributed by atoms with van der Waals surface area (Å²) in [7, 11) is -2.59. The van der Waals surface area contributed by atoms with E-state index in [1.807, 2.05) is 49.4 Å². The van der Waals surface area contributed by atoms with Crippen LogP contribution in [0.2, 0.25) is 0 Å². The Hall–Kier alpha value is -2.68. The summed E-state index contributed by atoms with van der Waals surface area (Å²) in [4.78, 5) is 11.3. The number of methoxy groups -OCH3 is 1. The van der Waals surface area contributed by atoms with Crippen molar-refractivity contribution >= 4 is 16.2 Å². The molecule has 0 amide bonds. The third kappa shape index (κ3) is 7.82. The number of hydrogen-bond donors (Lipinski definition) is 1. The number of aryl methyl sites for hydroxylation is 3. The van der Waals surface area contributed by atoms with Crippen molar-refractivity contribution in [1.29, 1.82) is 0 Å². The van der Waals surface area contributed by atoms with E-state index in [2.05, 4.69) is 9.46 Å². The first kappa shape index (κ1) is 24.6. The van der Waals surface area contributed by atoms with E-state index in [1.54, 1.807) is 26.0 Å². The number of hydrogen-bond acceptors (Lipinski definition) is 6. The summed E-state index contributed by atoms with van der Waals surface area (Å²) in [5.41, 5.74) is 3.32. The van der Waals surface area contributed by atoms with Gasteiger partial charge in [0.15, 0.2) is 0 Å². The molecule has 0 unspecified atom stereocenters. The first-order chi connectivity index (χ1) is 14.7. The summed E-state index contributed by atoms with van der Waals surface area (Å²) in [5.74, 6) is 0. The quantitative estimate of drug-likeness (QED) is 0.440. The summed E-state index contributed by atoms with van der Waals surface area (Å²) in [6, 6.07) is 12.6. The second kappa shape index (κ2) is 11.6. The highest BCUT2D eigenvalue weighted by Gasteiger charge is 2.23. The number of carbonyl (C=O) groups is 1. The summed E-state index contributed by atoms with van der Waals surface area (Å²) in [5, 5.41) is 0. The first-order valence-electron chi connectivity index (χ1n) is 9.82. The summed E-state index contributed by atoms with van der Waals surface area (Å²) in [6.45, 7) is 5.87. The predicted molar refractivity (Wildman–Crippen MR) is 118 cm³/mol. The molecule has 0 heterocycles. The van der Waals surface area contributed by atoms with Crippen molar-refractivity contribution in [3.63, 3.8) is 0 Å². The average Bonchev–Trinajstić information content (AvgIpc) is 2.70. The molecule has 0 bridgehead atoms. The topological polar surface area (TPSA) is 90.9 Å². The summed E-state index contributed by atoms with van der Waals surface area (Å²) < 4.78 is 43.9. The van der Waals surface area contributed by atoms with Gasteiger partial charge in [-0.05, 0) is 43.5 Å². The third-order valence-corrected chi connectivity index (χ3v) is 6.22. The Bertz CT molecular complexity index is 979. The van der Waals surface area contributed by atoms with Crippen LogP contribution in [0.25, 0.3) is 0 Å². The minimum Gasteiger partial charge on any atom is -0.438 e. The molecule has 31 heavy (non-hydrogen) atoms. The van der Waals surface area contributed by atoms with E-state index >= 15 is 0 Å². The number of nitrogens with one attached hydrogen (secondary N) is 1. The molecule has 168 valence electrons. The molecule has 2 aromatic rings. The first-order valence-corrected chi connectivity index (χ1v) is 11.3. The molecular formula is C23H29NO6S. The van der Waals surface area contributed by atoms with Gasteiger partial charge in [0, 0.05) is 0 Å². The minimum atomic E-state index is -3.80. The molecule has 0 fully saturated rings. The van der Waals surface area contributed by atoms with E-state index in [9.17, 15) is 13.2 Å². The molecule has 0 spiro atoms. The van der Waals surface area contributed by atoms with Gasteiger partial charge < -0.3 is 14.2 Å². The summed E-state index contributed by atoms with van der Waals surface area (Å²) >= 11 is 0. The molecule has 0 saturated carbocycles. The van der Waals surface area contributed by atoms with Crippen LogP contribution in [0, 0.1) is 20.8 Å². The van der Waals surface area contributed by atoms with E-state index in [-0.39, 0.29) is 18.1 Å². The van der Waals surface area contributed by atoms with Crippen LogP contribution in [-0.4, -0.2) is 40.9 Å². The predicted octanol–water partition coefficient (Wildman–Crippen LogP) is 3.81. The largest absolute Gasteiger partial charge is 0.508 e. The zero-order valence-electron chi connectivity index (χ0n) is 18.3. The third-order valence-electron chi connectivity index (χ3n) is 4.42. The molecule has 2 rings (SSSR count). The molecule has 0 aliphatic rings. The molecule has 0 aromatic heterocycles. The maximum Gasteiger partial charge on any atom is 0.508 e. The highest BCUT2D eigenvalue weighted by molar-refractivity contribution is 7.89.